The van der Waals surface area contributed by atoms with Crippen LogP contribution in [-0.4, -0.2) is 36.2 Å². The molecule has 1 N–H and O–H groups in total. The van der Waals surface area contributed by atoms with Crippen LogP contribution in [0.25, 0.3) is 0 Å². The van der Waals surface area contributed by atoms with Gasteiger partial charge in [0.05, 0.1) is 6.10 Å². The molecule has 0 aliphatic heterocycles. The number of nitrogens with zero attached hydrogens (tertiary/aromatic N) is 1. The molecule has 11 heavy (non-hydrogen) atoms. The average molecular weight is 157 g/mol. The van der Waals surface area contributed by atoms with Crippen molar-refractivity contribution in [2.45, 2.75) is 32.3 Å². The van der Waals surface area contributed by atoms with E-state index < -0.39 is 0 Å². The second-order valence-corrected chi connectivity index (χ2v) is 3.75. The molecule has 0 aromatic heterocycles. The van der Waals surface area contributed by atoms with Crippen LogP contribution >= 0.6 is 0 Å². The molecule has 0 spiro atoms. The standard InChI is InChI=1S/C9H19NO/c1-3-4-10(2)7-8-5-9(11)6-8/h8-9,11H,3-7H2,1-2H3. The Balaban J connectivity index is 2.02. The van der Waals surface area contributed by atoms with Gasteiger partial charge < -0.3 is 10.0 Å². The topological polar surface area (TPSA) is 23.5 Å². The molecule has 1 saturated carbocycles. The summed E-state index contributed by atoms with van der Waals surface area (Å²) in [5, 5.41) is 9.04. The Morgan fingerprint density at radius 1 is 1.45 bits per heavy atom. The molecule has 0 amide bonds. The number of aliphatic hydroxyl groups is 1. The van der Waals surface area contributed by atoms with Gasteiger partial charge in [0, 0.05) is 6.54 Å². The van der Waals surface area contributed by atoms with Gasteiger partial charge >= 0.3 is 0 Å². The first-order valence-corrected chi connectivity index (χ1v) is 4.59. The molecule has 0 aromatic carbocycles. The number of rotatable bonds is 4. The van der Waals surface area contributed by atoms with Crippen LogP contribution in [0.4, 0.5) is 0 Å². The molecule has 1 rings (SSSR count). The third-order valence-corrected chi connectivity index (χ3v) is 2.39. The van der Waals surface area contributed by atoms with E-state index in [0.717, 1.165) is 18.8 Å². The monoisotopic (exact) mass is 157 g/mol. The minimum Gasteiger partial charge on any atom is -0.393 e. The highest BCUT2D eigenvalue weighted by atomic mass is 16.3. The predicted octanol–water partition coefficient (Wildman–Crippen LogP) is 1.10. The van der Waals surface area contributed by atoms with Crippen molar-refractivity contribution in [3.63, 3.8) is 0 Å². The Morgan fingerprint density at radius 3 is 2.55 bits per heavy atom. The van der Waals surface area contributed by atoms with Crippen molar-refractivity contribution >= 4 is 0 Å². The van der Waals surface area contributed by atoms with Gasteiger partial charge in [0.2, 0.25) is 0 Å². The van der Waals surface area contributed by atoms with Gasteiger partial charge in [0.25, 0.3) is 0 Å². The first kappa shape index (κ1) is 9.01. The van der Waals surface area contributed by atoms with Crippen molar-refractivity contribution in [3.8, 4) is 0 Å². The lowest BCUT2D eigenvalue weighted by Crippen LogP contribution is -2.37. The second-order valence-electron chi connectivity index (χ2n) is 3.75. The second kappa shape index (κ2) is 4.07. The largest absolute Gasteiger partial charge is 0.393 e. The number of hydrogen-bond acceptors (Lipinski definition) is 2. The van der Waals surface area contributed by atoms with Crippen LogP contribution in [0.1, 0.15) is 26.2 Å². The molecule has 1 fully saturated rings. The van der Waals surface area contributed by atoms with Gasteiger partial charge in [-0.05, 0) is 38.8 Å². The molecule has 2 nitrogen and oxygen atoms in total. The van der Waals surface area contributed by atoms with Crippen LogP contribution in [0, 0.1) is 5.92 Å². The highest BCUT2D eigenvalue weighted by Crippen LogP contribution is 2.27. The quantitative estimate of drug-likeness (QED) is 0.660. The summed E-state index contributed by atoms with van der Waals surface area (Å²) in [4.78, 5) is 2.36. The van der Waals surface area contributed by atoms with E-state index >= 15 is 0 Å². The van der Waals surface area contributed by atoms with Crippen LogP contribution in [0.2, 0.25) is 0 Å². The summed E-state index contributed by atoms with van der Waals surface area (Å²) in [7, 11) is 2.16. The summed E-state index contributed by atoms with van der Waals surface area (Å²) in [6.45, 7) is 4.56. The van der Waals surface area contributed by atoms with E-state index in [4.69, 9.17) is 5.11 Å². The fourth-order valence-electron chi connectivity index (χ4n) is 1.76. The molecule has 2 heteroatoms. The van der Waals surface area contributed by atoms with Gasteiger partial charge in [0.15, 0.2) is 0 Å². The molecule has 0 aromatic rings. The maximum Gasteiger partial charge on any atom is 0.0546 e. The van der Waals surface area contributed by atoms with Crippen molar-refractivity contribution in [2.75, 3.05) is 20.1 Å². The molecule has 0 saturated heterocycles. The lowest BCUT2D eigenvalue weighted by atomic mass is 9.82. The Kier molecular flexibility index (Phi) is 3.34. The first-order valence-electron chi connectivity index (χ1n) is 4.59. The van der Waals surface area contributed by atoms with Crippen molar-refractivity contribution in [3.05, 3.63) is 0 Å². The molecule has 0 unspecified atom stereocenters. The average Bonchev–Trinajstić information content (AvgIpc) is 1.85. The van der Waals surface area contributed by atoms with Crippen LogP contribution in [0.3, 0.4) is 0 Å². The van der Waals surface area contributed by atoms with Crippen molar-refractivity contribution in [1.82, 2.24) is 4.90 Å². The molecule has 66 valence electrons. The third kappa shape index (κ3) is 2.80. The Labute approximate surface area is 69.2 Å². The predicted molar refractivity (Wildman–Crippen MR) is 46.5 cm³/mol. The minimum atomic E-state index is 0.00928. The van der Waals surface area contributed by atoms with Crippen LogP contribution < -0.4 is 0 Å². The molecular weight excluding hydrogens is 138 g/mol. The van der Waals surface area contributed by atoms with E-state index in [2.05, 4.69) is 18.9 Å². The van der Waals surface area contributed by atoms with Crippen LogP contribution in [0.5, 0.6) is 0 Å². The third-order valence-electron chi connectivity index (χ3n) is 2.39. The normalized spacial score (nSPS) is 30.5. The van der Waals surface area contributed by atoms with Gasteiger partial charge in [-0.1, -0.05) is 6.92 Å². The fourth-order valence-corrected chi connectivity index (χ4v) is 1.76. The van der Waals surface area contributed by atoms with Crippen LogP contribution in [-0.2, 0) is 0 Å². The lowest BCUT2D eigenvalue weighted by Gasteiger charge is -2.34. The van der Waals surface area contributed by atoms with Gasteiger partial charge in [-0.25, -0.2) is 0 Å². The lowest BCUT2D eigenvalue weighted by molar-refractivity contribution is 0.0284. The summed E-state index contributed by atoms with van der Waals surface area (Å²) in [5.74, 6) is 0.765. The highest BCUT2D eigenvalue weighted by molar-refractivity contribution is 4.80. The Hall–Kier alpha value is -0.0800. The fraction of sp³-hybridized carbons (Fsp3) is 1.00. The van der Waals surface area contributed by atoms with E-state index in [1.807, 2.05) is 0 Å². The van der Waals surface area contributed by atoms with E-state index in [9.17, 15) is 0 Å². The molecule has 0 bridgehead atoms. The SMILES string of the molecule is CCCN(C)CC1CC(O)C1. The summed E-state index contributed by atoms with van der Waals surface area (Å²) >= 11 is 0. The van der Waals surface area contributed by atoms with Crippen molar-refractivity contribution < 1.29 is 5.11 Å². The van der Waals surface area contributed by atoms with Crippen molar-refractivity contribution in [1.29, 1.82) is 0 Å². The van der Waals surface area contributed by atoms with Crippen LogP contribution in [0.15, 0.2) is 0 Å². The van der Waals surface area contributed by atoms with Gasteiger partial charge in [-0.15, -0.1) is 0 Å². The molecule has 1 aliphatic rings. The highest BCUT2D eigenvalue weighted by Gasteiger charge is 2.27. The van der Waals surface area contributed by atoms with Crippen molar-refractivity contribution in [2.24, 2.45) is 5.92 Å². The summed E-state index contributed by atoms with van der Waals surface area (Å²) in [6, 6.07) is 0. The number of hydrogen-bond donors (Lipinski definition) is 1. The first-order chi connectivity index (χ1) is 5.22. The maximum atomic E-state index is 9.04. The molecule has 0 atom stereocenters. The van der Waals surface area contributed by atoms with E-state index in [1.54, 1.807) is 0 Å². The van der Waals surface area contributed by atoms with Gasteiger partial charge in [0.1, 0.15) is 0 Å². The summed E-state index contributed by atoms with van der Waals surface area (Å²) in [6.07, 6.45) is 3.28. The van der Waals surface area contributed by atoms with E-state index in [0.29, 0.717) is 0 Å². The van der Waals surface area contributed by atoms with E-state index in [1.165, 1.54) is 19.5 Å². The Bertz CT molecular complexity index is 107. The molecular formula is C9H19NO. The zero-order valence-corrected chi connectivity index (χ0v) is 7.58. The smallest absolute Gasteiger partial charge is 0.0546 e. The molecule has 0 radical (unpaired) electrons. The molecule has 0 heterocycles. The maximum absolute atomic E-state index is 9.04. The van der Waals surface area contributed by atoms with Gasteiger partial charge in [-0.3, -0.25) is 0 Å². The summed E-state index contributed by atoms with van der Waals surface area (Å²) in [5.41, 5.74) is 0. The number of aliphatic hydroxyl groups excluding tert-OH is 1. The Morgan fingerprint density at radius 2 is 2.09 bits per heavy atom. The van der Waals surface area contributed by atoms with Gasteiger partial charge in [-0.2, -0.15) is 0 Å². The molecule has 1 aliphatic carbocycles. The summed E-state index contributed by atoms with van der Waals surface area (Å²) < 4.78 is 0. The zero-order valence-electron chi connectivity index (χ0n) is 7.58. The zero-order chi connectivity index (χ0) is 8.27. The minimum absolute atomic E-state index is 0.00928. The van der Waals surface area contributed by atoms with E-state index in [-0.39, 0.29) is 6.10 Å².